The first-order valence-corrected chi connectivity index (χ1v) is 12.0. The Hall–Kier alpha value is -2.44. The number of ether oxygens (including phenoxy) is 1. The van der Waals surface area contributed by atoms with E-state index in [1.807, 2.05) is 0 Å². The van der Waals surface area contributed by atoms with Gasteiger partial charge in [0, 0.05) is 13.1 Å². The number of hydrogen-bond acceptors (Lipinski definition) is 4. The fourth-order valence-corrected chi connectivity index (χ4v) is 3.94. The molecule has 1 N–H and O–H groups in total. The Morgan fingerprint density at radius 2 is 1.66 bits per heavy atom. The van der Waals surface area contributed by atoms with Gasteiger partial charge in [0.1, 0.15) is 11.9 Å². The fraction of sp³-hybridized carbons (Fsp3) is 0.640. The van der Waals surface area contributed by atoms with Gasteiger partial charge in [-0.05, 0) is 18.6 Å². The first-order chi connectivity index (χ1) is 15.5. The van der Waals surface area contributed by atoms with Crippen LogP contribution in [0.3, 0.4) is 0 Å². The summed E-state index contributed by atoms with van der Waals surface area (Å²) in [7, 11) is 0. The summed E-state index contributed by atoms with van der Waals surface area (Å²) in [4.78, 5) is 38.6. The van der Waals surface area contributed by atoms with Crippen LogP contribution >= 0.6 is 0 Å². The monoisotopic (exact) mass is 448 g/mol. The molecule has 6 nitrogen and oxygen atoms in total. The minimum absolute atomic E-state index is 0.106. The number of piperazine rings is 1. The van der Waals surface area contributed by atoms with E-state index in [0.717, 1.165) is 19.3 Å². The molecule has 0 spiro atoms. The molecule has 1 fully saturated rings. The van der Waals surface area contributed by atoms with E-state index in [-0.39, 0.29) is 25.1 Å². The lowest BCUT2D eigenvalue weighted by atomic mass is 10.1. The molecular formula is C25H37FN2O4. The van der Waals surface area contributed by atoms with Gasteiger partial charge in [-0.15, -0.1) is 0 Å². The summed E-state index contributed by atoms with van der Waals surface area (Å²) >= 11 is 0. The van der Waals surface area contributed by atoms with Crippen LogP contribution in [0.4, 0.5) is 4.39 Å². The van der Waals surface area contributed by atoms with Gasteiger partial charge in [0.2, 0.25) is 5.91 Å². The van der Waals surface area contributed by atoms with Gasteiger partial charge in [-0.1, -0.05) is 76.8 Å². The van der Waals surface area contributed by atoms with E-state index in [1.165, 1.54) is 68.0 Å². The SMILES string of the molecule is CCCCCCCCCCCCOC(=O)CC1C(=O)NCCN1C(=O)c1ccccc1F. The summed E-state index contributed by atoms with van der Waals surface area (Å²) in [6.07, 6.45) is 11.7. The maximum Gasteiger partial charge on any atom is 0.308 e. The molecule has 0 bridgehead atoms. The van der Waals surface area contributed by atoms with Gasteiger partial charge < -0.3 is 15.0 Å². The van der Waals surface area contributed by atoms with E-state index < -0.39 is 29.6 Å². The van der Waals surface area contributed by atoms with Crippen LogP contribution in [-0.4, -0.2) is 48.4 Å². The van der Waals surface area contributed by atoms with Crippen molar-refractivity contribution in [3.05, 3.63) is 35.6 Å². The minimum Gasteiger partial charge on any atom is -0.466 e. The van der Waals surface area contributed by atoms with Crippen molar-refractivity contribution in [2.24, 2.45) is 0 Å². The lowest BCUT2D eigenvalue weighted by Gasteiger charge is -2.34. The summed E-state index contributed by atoms with van der Waals surface area (Å²) < 4.78 is 19.3. The van der Waals surface area contributed by atoms with E-state index in [9.17, 15) is 18.8 Å². The van der Waals surface area contributed by atoms with E-state index >= 15 is 0 Å². The Kier molecular flexibility index (Phi) is 11.8. The third-order valence-electron chi connectivity index (χ3n) is 5.82. The average molecular weight is 449 g/mol. The van der Waals surface area contributed by atoms with Crippen LogP contribution in [0, 0.1) is 5.82 Å². The Bertz CT molecular complexity index is 740. The number of amides is 2. The fourth-order valence-electron chi connectivity index (χ4n) is 3.94. The van der Waals surface area contributed by atoms with E-state index in [1.54, 1.807) is 6.07 Å². The summed E-state index contributed by atoms with van der Waals surface area (Å²) in [5, 5.41) is 2.67. The average Bonchev–Trinajstić information content (AvgIpc) is 2.78. The molecule has 0 saturated carbocycles. The number of carbonyl (C=O) groups is 3. The quantitative estimate of drug-likeness (QED) is 0.333. The zero-order valence-corrected chi connectivity index (χ0v) is 19.2. The number of nitrogens with zero attached hydrogens (tertiary/aromatic N) is 1. The number of benzene rings is 1. The van der Waals surface area contributed by atoms with Crippen LogP contribution in [0.5, 0.6) is 0 Å². The van der Waals surface area contributed by atoms with E-state index in [2.05, 4.69) is 12.2 Å². The number of esters is 1. The van der Waals surface area contributed by atoms with Gasteiger partial charge in [-0.25, -0.2) is 4.39 Å². The highest BCUT2D eigenvalue weighted by molar-refractivity contribution is 5.99. The highest BCUT2D eigenvalue weighted by Crippen LogP contribution is 2.17. The van der Waals surface area contributed by atoms with Crippen LogP contribution < -0.4 is 5.32 Å². The van der Waals surface area contributed by atoms with Crippen molar-refractivity contribution in [2.45, 2.75) is 83.6 Å². The number of rotatable bonds is 14. The standard InChI is InChI=1S/C25H37FN2O4/c1-2-3-4-5-6-7-8-9-10-13-18-32-23(29)19-22-24(30)27-16-17-28(22)25(31)20-14-11-12-15-21(20)26/h11-12,14-15,22H,2-10,13,16-19H2,1H3,(H,27,30). The molecule has 1 aromatic carbocycles. The van der Waals surface area contributed by atoms with E-state index in [4.69, 9.17) is 4.74 Å². The Labute approximate surface area is 190 Å². The second-order valence-electron chi connectivity index (χ2n) is 8.39. The number of unbranched alkanes of at least 4 members (excludes halogenated alkanes) is 9. The topological polar surface area (TPSA) is 75.7 Å². The molecule has 1 aromatic rings. The molecule has 0 aliphatic carbocycles. The molecule has 1 aliphatic rings. The van der Waals surface area contributed by atoms with Crippen LogP contribution in [0.2, 0.25) is 0 Å². The molecule has 0 radical (unpaired) electrons. The number of carbonyl (C=O) groups excluding carboxylic acids is 3. The maximum atomic E-state index is 14.0. The summed E-state index contributed by atoms with van der Waals surface area (Å²) in [5.41, 5.74) is -0.106. The lowest BCUT2D eigenvalue weighted by molar-refractivity contribution is -0.147. The van der Waals surface area contributed by atoms with Crippen LogP contribution in [0.25, 0.3) is 0 Å². The zero-order valence-electron chi connectivity index (χ0n) is 19.2. The molecule has 1 atom stereocenters. The Balaban J connectivity index is 1.69. The minimum atomic E-state index is -0.990. The third kappa shape index (κ3) is 8.60. The molecule has 0 aromatic heterocycles. The molecule has 1 heterocycles. The second-order valence-corrected chi connectivity index (χ2v) is 8.39. The predicted molar refractivity (Wildman–Crippen MR) is 122 cm³/mol. The molecule has 1 unspecified atom stereocenters. The number of halogens is 1. The molecule has 1 saturated heterocycles. The van der Waals surface area contributed by atoms with Crippen molar-refractivity contribution in [2.75, 3.05) is 19.7 Å². The van der Waals surface area contributed by atoms with Crippen molar-refractivity contribution in [3.8, 4) is 0 Å². The highest BCUT2D eigenvalue weighted by Gasteiger charge is 2.36. The number of nitrogens with one attached hydrogen (secondary N) is 1. The van der Waals surface area contributed by atoms with Gasteiger partial charge >= 0.3 is 5.97 Å². The summed E-state index contributed by atoms with van der Waals surface area (Å²) in [6.45, 7) is 3.02. The molecule has 178 valence electrons. The molecule has 7 heteroatoms. The largest absolute Gasteiger partial charge is 0.466 e. The highest BCUT2D eigenvalue weighted by atomic mass is 19.1. The third-order valence-corrected chi connectivity index (χ3v) is 5.82. The lowest BCUT2D eigenvalue weighted by Crippen LogP contribution is -2.58. The van der Waals surface area contributed by atoms with Gasteiger partial charge in [0.25, 0.3) is 5.91 Å². The summed E-state index contributed by atoms with van der Waals surface area (Å²) in [5.74, 6) is -2.18. The predicted octanol–water partition coefficient (Wildman–Crippen LogP) is 4.62. The second kappa shape index (κ2) is 14.6. The van der Waals surface area contributed by atoms with E-state index in [0.29, 0.717) is 6.61 Å². The first kappa shape index (κ1) is 25.8. The van der Waals surface area contributed by atoms with Gasteiger partial charge in [-0.2, -0.15) is 0 Å². The first-order valence-electron chi connectivity index (χ1n) is 12.0. The van der Waals surface area contributed by atoms with Crippen LogP contribution in [0.1, 0.15) is 87.9 Å². The Morgan fingerprint density at radius 1 is 1.03 bits per heavy atom. The normalized spacial score (nSPS) is 16.0. The van der Waals surface area contributed by atoms with Gasteiger partial charge in [-0.3, -0.25) is 14.4 Å². The van der Waals surface area contributed by atoms with Gasteiger partial charge in [0.05, 0.1) is 18.6 Å². The van der Waals surface area contributed by atoms with Crippen molar-refractivity contribution >= 4 is 17.8 Å². The molecule has 2 amide bonds. The van der Waals surface area contributed by atoms with Crippen LogP contribution in [0.15, 0.2) is 24.3 Å². The van der Waals surface area contributed by atoms with Crippen molar-refractivity contribution in [1.82, 2.24) is 10.2 Å². The van der Waals surface area contributed by atoms with Crippen LogP contribution in [-0.2, 0) is 14.3 Å². The van der Waals surface area contributed by atoms with Crippen molar-refractivity contribution in [3.63, 3.8) is 0 Å². The smallest absolute Gasteiger partial charge is 0.308 e. The van der Waals surface area contributed by atoms with Gasteiger partial charge in [0.15, 0.2) is 0 Å². The number of hydrogen-bond donors (Lipinski definition) is 1. The molecule has 2 rings (SSSR count). The van der Waals surface area contributed by atoms with Crippen molar-refractivity contribution < 1.29 is 23.5 Å². The molecule has 1 aliphatic heterocycles. The zero-order chi connectivity index (χ0) is 23.2. The molecule has 32 heavy (non-hydrogen) atoms. The molecular weight excluding hydrogens is 411 g/mol. The maximum absolute atomic E-state index is 14.0. The summed E-state index contributed by atoms with van der Waals surface area (Å²) in [6, 6.07) is 4.65. The van der Waals surface area contributed by atoms with Crippen molar-refractivity contribution in [1.29, 1.82) is 0 Å². The Morgan fingerprint density at radius 3 is 2.31 bits per heavy atom.